The van der Waals surface area contributed by atoms with E-state index in [0.29, 0.717) is 12.2 Å². The van der Waals surface area contributed by atoms with Crippen LogP contribution in [0.4, 0.5) is 0 Å². The second-order valence-electron chi connectivity index (χ2n) is 3.62. The Labute approximate surface area is 124 Å². The molecule has 104 valence electrons. The second-order valence-corrected chi connectivity index (χ2v) is 5.35. The number of nitrogens with zero attached hydrogens (tertiary/aromatic N) is 1. The van der Waals surface area contributed by atoms with Crippen molar-refractivity contribution in [3.05, 3.63) is 28.0 Å². The molecule has 1 aromatic rings. The van der Waals surface area contributed by atoms with Gasteiger partial charge >= 0.3 is 5.97 Å². The molecule has 0 bridgehead atoms. The highest BCUT2D eigenvalue weighted by Crippen LogP contribution is 2.16. The van der Waals surface area contributed by atoms with Crippen LogP contribution >= 0.6 is 35.0 Å². The lowest BCUT2D eigenvalue weighted by Gasteiger charge is -2.14. The van der Waals surface area contributed by atoms with E-state index in [1.54, 1.807) is 0 Å². The highest BCUT2D eigenvalue weighted by atomic mass is 35.5. The van der Waals surface area contributed by atoms with E-state index in [-0.39, 0.29) is 15.9 Å². The van der Waals surface area contributed by atoms with Gasteiger partial charge in [-0.05, 0) is 30.6 Å². The smallest absolute Gasteiger partial charge is 0.326 e. The highest BCUT2D eigenvalue weighted by Gasteiger charge is 2.21. The molecule has 0 saturated carbocycles. The molecule has 0 aliphatic rings. The minimum absolute atomic E-state index is 0.0565. The van der Waals surface area contributed by atoms with E-state index >= 15 is 0 Å². The molecule has 0 aliphatic carbocycles. The summed E-state index contributed by atoms with van der Waals surface area (Å²) in [6.45, 7) is 0. The first-order valence-corrected chi connectivity index (χ1v) is 7.45. The van der Waals surface area contributed by atoms with Crippen molar-refractivity contribution in [2.45, 2.75) is 12.5 Å². The van der Waals surface area contributed by atoms with Crippen molar-refractivity contribution in [1.29, 1.82) is 0 Å². The first-order valence-electron chi connectivity index (χ1n) is 5.30. The van der Waals surface area contributed by atoms with Crippen LogP contribution in [0.1, 0.15) is 16.8 Å². The average Bonchev–Trinajstić information content (AvgIpc) is 2.33. The third-order valence-electron chi connectivity index (χ3n) is 2.27. The number of hydrogen-bond acceptors (Lipinski definition) is 4. The van der Waals surface area contributed by atoms with Gasteiger partial charge in [0.25, 0.3) is 5.91 Å². The van der Waals surface area contributed by atoms with Gasteiger partial charge in [-0.3, -0.25) is 4.79 Å². The number of thioether (sulfide) groups is 1. The number of halogens is 2. The molecule has 2 N–H and O–H groups in total. The third kappa shape index (κ3) is 4.89. The molecule has 0 aromatic carbocycles. The maximum atomic E-state index is 11.9. The lowest BCUT2D eigenvalue weighted by atomic mass is 10.2. The highest BCUT2D eigenvalue weighted by molar-refractivity contribution is 7.98. The fraction of sp³-hybridized carbons (Fsp3) is 0.364. The first kappa shape index (κ1) is 16.1. The maximum Gasteiger partial charge on any atom is 0.326 e. The molecule has 1 rings (SSSR count). The summed E-state index contributed by atoms with van der Waals surface area (Å²) in [4.78, 5) is 26.7. The number of pyridine rings is 1. The molecule has 1 aromatic heterocycles. The monoisotopic (exact) mass is 322 g/mol. The van der Waals surface area contributed by atoms with E-state index in [2.05, 4.69) is 10.3 Å². The minimum atomic E-state index is -1.08. The van der Waals surface area contributed by atoms with E-state index in [0.717, 1.165) is 0 Å². The topological polar surface area (TPSA) is 79.3 Å². The number of carboxylic acids is 1. The van der Waals surface area contributed by atoms with E-state index < -0.39 is 17.9 Å². The molecular weight excluding hydrogens is 311 g/mol. The molecule has 0 aliphatic heterocycles. The van der Waals surface area contributed by atoms with Gasteiger partial charge in [0, 0.05) is 0 Å². The van der Waals surface area contributed by atoms with Crippen LogP contribution in [0, 0.1) is 0 Å². The van der Waals surface area contributed by atoms with Gasteiger partial charge in [-0.25, -0.2) is 9.78 Å². The van der Waals surface area contributed by atoms with Crippen molar-refractivity contribution < 1.29 is 14.7 Å². The Hall–Kier alpha value is -0.980. The van der Waals surface area contributed by atoms with E-state index in [4.69, 9.17) is 28.3 Å². The fourth-order valence-electron chi connectivity index (χ4n) is 1.31. The van der Waals surface area contributed by atoms with Crippen molar-refractivity contribution in [3.63, 3.8) is 0 Å². The number of carboxylic acid groups (broad SMARTS) is 1. The predicted molar refractivity (Wildman–Crippen MR) is 76.1 cm³/mol. The summed E-state index contributed by atoms with van der Waals surface area (Å²) >= 11 is 12.9. The molecule has 19 heavy (non-hydrogen) atoms. The van der Waals surface area contributed by atoms with E-state index in [1.165, 1.54) is 23.9 Å². The van der Waals surface area contributed by atoms with Gasteiger partial charge in [-0.15, -0.1) is 0 Å². The zero-order valence-corrected chi connectivity index (χ0v) is 12.3. The van der Waals surface area contributed by atoms with Crippen molar-refractivity contribution in [2.24, 2.45) is 0 Å². The quantitative estimate of drug-likeness (QED) is 0.786. The molecule has 1 amide bonds. The largest absolute Gasteiger partial charge is 0.480 e. The van der Waals surface area contributed by atoms with Gasteiger partial charge in [0.05, 0.1) is 5.56 Å². The zero-order chi connectivity index (χ0) is 14.4. The van der Waals surface area contributed by atoms with E-state index in [1.807, 2.05) is 6.26 Å². The number of carbonyl (C=O) groups is 2. The standard InChI is InChI=1S/C11H12Cl2N2O3S/c1-19-5-4-7(11(17)18)14-10(16)6-2-3-8(12)15-9(6)13/h2-3,7H,4-5H2,1H3,(H,14,16)(H,17,18)/t7-/m0/s1. The van der Waals surface area contributed by atoms with Crippen molar-refractivity contribution >= 4 is 46.8 Å². The Balaban J connectivity index is 2.78. The van der Waals surface area contributed by atoms with Crippen LogP contribution in [-0.4, -0.2) is 40.0 Å². The van der Waals surface area contributed by atoms with Crippen LogP contribution in [0.25, 0.3) is 0 Å². The molecule has 0 fully saturated rings. The Morgan fingerprint density at radius 3 is 2.68 bits per heavy atom. The van der Waals surface area contributed by atoms with Crippen LogP contribution in [0.15, 0.2) is 12.1 Å². The lowest BCUT2D eigenvalue weighted by Crippen LogP contribution is -2.41. The lowest BCUT2D eigenvalue weighted by molar-refractivity contribution is -0.139. The SMILES string of the molecule is CSCC[C@H](NC(=O)c1ccc(Cl)nc1Cl)C(=O)O. The summed E-state index contributed by atoms with van der Waals surface area (Å²) in [7, 11) is 0. The van der Waals surface area contributed by atoms with Crippen LogP contribution in [-0.2, 0) is 4.79 Å². The molecular formula is C11H12Cl2N2O3S. The molecule has 0 saturated heterocycles. The van der Waals surface area contributed by atoms with Crippen LogP contribution < -0.4 is 5.32 Å². The molecule has 0 radical (unpaired) electrons. The van der Waals surface area contributed by atoms with Crippen molar-refractivity contribution in [1.82, 2.24) is 10.3 Å². The molecule has 8 heteroatoms. The number of rotatable bonds is 6. The molecule has 1 heterocycles. The summed E-state index contributed by atoms with van der Waals surface area (Å²) in [6, 6.07) is 1.87. The number of amides is 1. The minimum Gasteiger partial charge on any atom is -0.480 e. The van der Waals surface area contributed by atoms with Gasteiger partial charge in [-0.1, -0.05) is 23.2 Å². The zero-order valence-electron chi connectivity index (χ0n) is 10.0. The first-order chi connectivity index (χ1) is 8.95. The number of aliphatic carboxylic acids is 1. The number of nitrogens with one attached hydrogen (secondary N) is 1. The van der Waals surface area contributed by atoms with Crippen LogP contribution in [0.3, 0.4) is 0 Å². The van der Waals surface area contributed by atoms with Gasteiger partial charge < -0.3 is 10.4 Å². The van der Waals surface area contributed by atoms with Crippen LogP contribution in [0.2, 0.25) is 10.3 Å². The molecule has 5 nitrogen and oxygen atoms in total. The Morgan fingerprint density at radius 1 is 1.47 bits per heavy atom. The van der Waals surface area contributed by atoms with Crippen molar-refractivity contribution in [3.8, 4) is 0 Å². The van der Waals surface area contributed by atoms with Gasteiger partial charge in [0.15, 0.2) is 0 Å². The maximum absolute atomic E-state index is 11.9. The summed E-state index contributed by atoms with van der Waals surface area (Å²) in [5.41, 5.74) is 0.0986. The normalized spacial score (nSPS) is 11.9. The summed E-state index contributed by atoms with van der Waals surface area (Å²) in [5.74, 6) is -1.03. The Kier molecular flexibility index (Phi) is 6.41. The summed E-state index contributed by atoms with van der Waals surface area (Å²) < 4.78 is 0. The molecule has 0 unspecified atom stereocenters. The van der Waals surface area contributed by atoms with Crippen molar-refractivity contribution in [2.75, 3.05) is 12.0 Å². The molecule has 0 spiro atoms. The second kappa shape index (κ2) is 7.57. The van der Waals surface area contributed by atoms with Crippen LogP contribution in [0.5, 0.6) is 0 Å². The third-order valence-corrected chi connectivity index (χ3v) is 3.42. The number of aromatic nitrogens is 1. The van der Waals surface area contributed by atoms with E-state index in [9.17, 15) is 9.59 Å². The van der Waals surface area contributed by atoms with Gasteiger partial charge in [0.2, 0.25) is 0 Å². The number of carbonyl (C=O) groups excluding carboxylic acids is 1. The average molecular weight is 323 g/mol. The fourth-order valence-corrected chi connectivity index (χ4v) is 2.21. The predicted octanol–water partition coefficient (Wildman–Crippen LogP) is 2.32. The van der Waals surface area contributed by atoms with Gasteiger partial charge in [0.1, 0.15) is 16.3 Å². The molecule has 1 atom stereocenters. The Morgan fingerprint density at radius 2 is 2.16 bits per heavy atom. The summed E-state index contributed by atoms with van der Waals surface area (Å²) in [6.07, 6.45) is 2.20. The van der Waals surface area contributed by atoms with Gasteiger partial charge in [-0.2, -0.15) is 11.8 Å². The Bertz CT molecular complexity index is 485. The summed E-state index contributed by atoms with van der Waals surface area (Å²) in [5, 5.41) is 11.5. The number of hydrogen-bond donors (Lipinski definition) is 2.